The Hall–Kier alpha value is -1.50. The van der Waals surface area contributed by atoms with Crippen LogP contribution in [0.1, 0.15) is 25.0 Å². The molecule has 1 aromatic carbocycles. The molecule has 0 saturated carbocycles. The Morgan fingerprint density at radius 1 is 1.35 bits per heavy atom. The fourth-order valence-corrected chi connectivity index (χ4v) is 2.12. The molecule has 0 radical (unpaired) electrons. The molecule has 0 aliphatic heterocycles. The van der Waals surface area contributed by atoms with Crippen LogP contribution in [0.15, 0.2) is 23.2 Å². The zero-order chi connectivity index (χ0) is 17.2. The number of nitrogens with one attached hydrogen (secondary N) is 2. The molecule has 4 nitrogen and oxygen atoms in total. The first-order chi connectivity index (χ1) is 11.0. The minimum atomic E-state index is -2.84. The molecule has 0 spiro atoms. The van der Waals surface area contributed by atoms with E-state index < -0.39 is 6.61 Å². The Kier molecular flexibility index (Phi) is 8.76. The predicted molar refractivity (Wildman–Crippen MR) is 93.6 cm³/mol. The summed E-state index contributed by atoms with van der Waals surface area (Å²) in [4.78, 5) is 4.46. The normalized spacial score (nSPS) is 13.1. The van der Waals surface area contributed by atoms with Crippen molar-refractivity contribution in [1.82, 2.24) is 10.6 Å². The first-order valence-electron chi connectivity index (χ1n) is 7.55. The van der Waals surface area contributed by atoms with Crippen LogP contribution in [0, 0.1) is 6.92 Å². The number of hydrogen-bond acceptors (Lipinski definition) is 3. The maximum absolute atomic E-state index is 12.5. The van der Waals surface area contributed by atoms with Crippen molar-refractivity contribution >= 4 is 17.7 Å². The third-order valence-corrected chi connectivity index (χ3v) is 4.11. The van der Waals surface area contributed by atoms with Crippen LogP contribution in [0.4, 0.5) is 8.78 Å². The van der Waals surface area contributed by atoms with Crippen LogP contribution in [-0.2, 0) is 6.54 Å². The van der Waals surface area contributed by atoms with Crippen molar-refractivity contribution in [2.75, 3.05) is 19.3 Å². The Balaban J connectivity index is 2.83. The smallest absolute Gasteiger partial charge is 0.387 e. The largest absolute Gasteiger partial charge is 0.434 e. The van der Waals surface area contributed by atoms with E-state index >= 15 is 0 Å². The van der Waals surface area contributed by atoms with E-state index in [-0.39, 0.29) is 12.3 Å². The lowest BCUT2D eigenvalue weighted by atomic mass is 10.1. The van der Waals surface area contributed by atoms with Crippen LogP contribution in [0.25, 0.3) is 0 Å². The summed E-state index contributed by atoms with van der Waals surface area (Å²) in [6, 6.07) is 5.12. The van der Waals surface area contributed by atoms with E-state index in [1.54, 1.807) is 23.9 Å². The van der Waals surface area contributed by atoms with Gasteiger partial charge in [0.2, 0.25) is 0 Å². The van der Waals surface area contributed by atoms with Crippen LogP contribution in [-0.4, -0.2) is 37.2 Å². The Labute approximate surface area is 141 Å². The molecular weight excluding hydrogens is 320 g/mol. The lowest BCUT2D eigenvalue weighted by Gasteiger charge is -2.15. The van der Waals surface area contributed by atoms with Crippen molar-refractivity contribution < 1.29 is 13.5 Å². The molecule has 1 atom stereocenters. The number of rotatable bonds is 8. The molecule has 7 heteroatoms. The van der Waals surface area contributed by atoms with Crippen molar-refractivity contribution in [3.63, 3.8) is 0 Å². The van der Waals surface area contributed by atoms with E-state index in [1.807, 2.05) is 19.9 Å². The number of benzene rings is 1. The standard InChI is InChI=1S/C16H25F2N3OS/c1-5-19-16(20-9-12(3)23-4)21-10-13-8-11(2)6-7-14(13)22-15(17)18/h6-8,12,15H,5,9-10H2,1-4H3,(H2,19,20,21). The highest BCUT2D eigenvalue weighted by molar-refractivity contribution is 7.99. The summed E-state index contributed by atoms with van der Waals surface area (Å²) < 4.78 is 29.5. The van der Waals surface area contributed by atoms with Gasteiger partial charge in [0, 0.05) is 23.9 Å². The maximum Gasteiger partial charge on any atom is 0.387 e. The number of aryl methyl sites for hydroxylation is 1. The monoisotopic (exact) mass is 345 g/mol. The summed E-state index contributed by atoms with van der Waals surface area (Å²) >= 11 is 1.76. The average Bonchev–Trinajstić information content (AvgIpc) is 2.51. The predicted octanol–water partition coefficient (Wildman–Crippen LogP) is 3.40. The van der Waals surface area contributed by atoms with Crippen molar-refractivity contribution in [3.05, 3.63) is 29.3 Å². The molecule has 0 aliphatic carbocycles. The third-order valence-electron chi connectivity index (χ3n) is 3.14. The van der Waals surface area contributed by atoms with Gasteiger partial charge < -0.3 is 15.4 Å². The molecule has 0 heterocycles. The number of aliphatic imine (C=N–C) groups is 1. The van der Waals surface area contributed by atoms with Gasteiger partial charge in [-0.1, -0.05) is 24.6 Å². The molecule has 130 valence electrons. The lowest BCUT2D eigenvalue weighted by Crippen LogP contribution is -2.40. The highest BCUT2D eigenvalue weighted by Crippen LogP contribution is 2.22. The fraction of sp³-hybridized carbons (Fsp3) is 0.562. The summed E-state index contributed by atoms with van der Waals surface area (Å²) in [5, 5.41) is 6.85. The van der Waals surface area contributed by atoms with E-state index in [1.165, 1.54) is 0 Å². The minimum Gasteiger partial charge on any atom is -0.434 e. The molecule has 23 heavy (non-hydrogen) atoms. The maximum atomic E-state index is 12.5. The van der Waals surface area contributed by atoms with Crippen molar-refractivity contribution in [3.8, 4) is 5.75 Å². The highest BCUT2D eigenvalue weighted by Gasteiger charge is 2.10. The zero-order valence-corrected chi connectivity index (χ0v) is 14.8. The Morgan fingerprint density at radius 3 is 2.70 bits per heavy atom. The number of ether oxygens (including phenoxy) is 1. The summed E-state index contributed by atoms with van der Waals surface area (Å²) in [5.41, 5.74) is 1.62. The second-order valence-electron chi connectivity index (χ2n) is 5.11. The van der Waals surface area contributed by atoms with Crippen molar-refractivity contribution in [2.24, 2.45) is 4.99 Å². The van der Waals surface area contributed by atoms with Gasteiger partial charge in [-0.3, -0.25) is 0 Å². The van der Waals surface area contributed by atoms with E-state index in [2.05, 4.69) is 33.5 Å². The molecule has 1 rings (SSSR count). The highest BCUT2D eigenvalue weighted by atomic mass is 32.2. The van der Waals surface area contributed by atoms with E-state index in [0.29, 0.717) is 16.8 Å². The van der Waals surface area contributed by atoms with E-state index in [4.69, 9.17) is 0 Å². The molecule has 2 N–H and O–H groups in total. The van der Waals surface area contributed by atoms with Crippen LogP contribution in [0.5, 0.6) is 5.75 Å². The SMILES string of the molecule is CCNC(=NCc1cc(C)ccc1OC(F)F)NCC(C)SC. The fourth-order valence-electron chi connectivity index (χ4n) is 1.87. The summed E-state index contributed by atoms with van der Waals surface area (Å²) in [5.74, 6) is 0.834. The molecule has 0 bridgehead atoms. The first-order valence-corrected chi connectivity index (χ1v) is 8.84. The van der Waals surface area contributed by atoms with E-state index in [0.717, 1.165) is 18.7 Å². The minimum absolute atomic E-state index is 0.169. The van der Waals surface area contributed by atoms with Crippen LogP contribution >= 0.6 is 11.8 Å². The molecule has 1 aromatic rings. The second-order valence-corrected chi connectivity index (χ2v) is 6.39. The first kappa shape index (κ1) is 19.5. The van der Waals surface area contributed by atoms with Gasteiger partial charge in [0.1, 0.15) is 5.75 Å². The lowest BCUT2D eigenvalue weighted by molar-refractivity contribution is -0.0504. The average molecular weight is 345 g/mol. The number of alkyl halides is 2. The van der Waals surface area contributed by atoms with Gasteiger partial charge in [-0.2, -0.15) is 20.5 Å². The van der Waals surface area contributed by atoms with Crippen LogP contribution < -0.4 is 15.4 Å². The molecule has 0 saturated heterocycles. The van der Waals surface area contributed by atoms with Crippen molar-refractivity contribution in [1.29, 1.82) is 0 Å². The van der Waals surface area contributed by atoms with Gasteiger partial charge >= 0.3 is 6.61 Å². The van der Waals surface area contributed by atoms with Crippen LogP contribution in [0.3, 0.4) is 0 Å². The molecule has 0 fully saturated rings. The van der Waals surface area contributed by atoms with Gasteiger partial charge in [0.25, 0.3) is 0 Å². The van der Waals surface area contributed by atoms with Crippen LogP contribution in [0.2, 0.25) is 0 Å². The Bertz CT molecular complexity index is 512. The van der Waals surface area contributed by atoms with Gasteiger partial charge in [-0.15, -0.1) is 0 Å². The molecule has 0 amide bonds. The molecular formula is C16H25F2N3OS. The summed E-state index contributed by atoms with van der Waals surface area (Å²) in [6.45, 7) is 4.95. The quantitative estimate of drug-likeness (QED) is 0.560. The number of guanidine groups is 1. The Morgan fingerprint density at radius 2 is 2.09 bits per heavy atom. The van der Waals surface area contributed by atoms with E-state index in [9.17, 15) is 8.78 Å². The summed E-state index contributed by atoms with van der Waals surface area (Å²) in [6.07, 6.45) is 2.05. The number of nitrogens with zero attached hydrogens (tertiary/aromatic N) is 1. The van der Waals surface area contributed by atoms with Gasteiger partial charge in [-0.05, 0) is 26.2 Å². The molecule has 0 aromatic heterocycles. The molecule has 0 aliphatic rings. The van der Waals surface area contributed by atoms with Gasteiger partial charge in [0.05, 0.1) is 6.54 Å². The number of halogens is 2. The number of hydrogen-bond donors (Lipinski definition) is 2. The molecule has 1 unspecified atom stereocenters. The second kappa shape index (κ2) is 10.3. The van der Waals surface area contributed by atoms with Crippen molar-refractivity contribution in [2.45, 2.75) is 39.2 Å². The van der Waals surface area contributed by atoms with Gasteiger partial charge in [-0.25, -0.2) is 4.99 Å². The summed E-state index contributed by atoms with van der Waals surface area (Å²) in [7, 11) is 0. The van der Waals surface area contributed by atoms with Gasteiger partial charge in [0.15, 0.2) is 5.96 Å². The third kappa shape index (κ3) is 7.54. The number of thioether (sulfide) groups is 1. The zero-order valence-electron chi connectivity index (χ0n) is 14.0. The topological polar surface area (TPSA) is 45.7 Å².